The van der Waals surface area contributed by atoms with Gasteiger partial charge in [0, 0.05) is 51.7 Å². The van der Waals surface area contributed by atoms with Crippen molar-refractivity contribution < 1.29 is 23.0 Å². The summed E-state index contributed by atoms with van der Waals surface area (Å²) in [5.74, 6) is 0.673. The van der Waals surface area contributed by atoms with Crippen LogP contribution in [0.5, 0.6) is 5.75 Å². The first-order valence-electron chi connectivity index (χ1n) is 10.2. The predicted molar refractivity (Wildman–Crippen MR) is 123 cm³/mol. The van der Waals surface area contributed by atoms with Crippen molar-refractivity contribution in [2.75, 3.05) is 7.11 Å². The van der Waals surface area contributed by atoms with E-state index in [0.29, 0.717) is 11.3 Å². The van der Waals surface area contributed by atoms with Crippen LogP contribution in [0.3, 0.4) is 0 Å². The third-order valence-electron chi connectivity index (χ3n) is 5.80. The van der Waals surface area contributed by atoms with Crippen molar-refractivity contribution >= 4 is 34.0 Å². The van der Waals surface area contributed by atoms with E-state index in [2.05, 4.69) is 9.98 Å². The van der Waals surface area contributed by atoms with Crippen molar-refractivity contribution in [1.82, 2.24) is 4.98 Å². The second kappa shape index (κ2) is 7.94. The first kappa shape index (κ1) is 21.0. The van der Waals surface area contributed by atoms with Crippen LogP contribution in [-0.2, 0) is 12.8 Å². The molecule has 4 nitrogen and oxygen atoms in total. The van der Waals surface area contributed by atoms with Gasteiger partial charge < -0.3 is 14.8 Å². The van der Waals surface area contributed by atoms with Crippen molar-refractivity contribution in [3.63, 3.8) is 0 Å². The maximum Gasteiger partial charge on any atom is 0.416 e. The van der Waals surface area contributed by atoms with Gasteiger partial charge in [0.05, 0.1) is 25.0 Å². The highest BCUT2D eigenvalue weighted by molar-refractivity contribution is 6.27. The van der Waals surface area contributed by atoms with Crippen LogP contribution in [0.25, 0.3) is 22.0 Å². The minimum atomic E-state index is -4.41. The molecule has 7 heteroatoms. The normalized spacial score (nSPS) is 14.6. The maximum absolute atomic E-state index is 13.2. The number of hydrogen-bond donors (Lipinski definition) is 2. The number of fused-ring (bicyclic) bond motifs is 2. The van der Waals surface area contributed by atoms with Gasteiger partial charge in [0.1, 0.15) is 5.75 Å². The molecule has 3 aromatic carbocycles. The van der Waals surface area contributed by atoms with Gasteiger partial charge in [-0.2, -0.15) is 13.2 Å². The molecule has 0 radical (unpaired) electrons. The number of aliphatic hydroxyl groups is 1. The van der Waals surface area contributed by atoms with Gasteiger partial charge in [-0.25, -0.2) is 0 Å². The fourth-order valence-electron chi connectivity index (χ4n) is 4.14. The lowest BCUT2D eigenvalue weighted by Gasteiger charge is -2.14. The lowest BCUT2D eigenvalue weighted by atomic mass is 9.89. The van der Waals surface area contributed by atoms with E-state index < -0.39 is 11.7 Å². The van der Waals surface area contributed by atoms with E-state index in [1.807, 2.05) is 42.6 Å². The summed E-state index contributed by atoms with van der Waals surface area (Å²) in [6.45, 7) is -0.0843. The number of benzene rings is 3. The zero-order valence-corrected chi connectivity index (χ0v) is 17.6. The Morgan fingerprint density at radius 3 is 2.52 bits per heavy atom. The van der Waals surface area contributed by atoms with Crippen LogP contribution in [0.15, 0.2) is 71.9 Å². The van der Waals surface area contributed by atoms with Crippen LogP contribution in [0.1, 0.15) is 27.8 Å². The standard InChI is InChI=1S/C26H19F3N2O2/c1-33-18-7-9-20-22(13-31-24(20)11-18)25(16-3-5-17(6-4-16)26(27,28)29)21-12-30-23-10-15(14-32)2-8-19(21)23/h2-13,30,32H,14H2,1H3/b25-22+. The Kier molecular flexibility index (Phi) is 5.06. The molecule has 5 rings (SSSR count). The topological polar surface area (TPSA) is 57.6 Å². The van der Waals surface area contributed by atoms with Crippen molar-refractivity contribution in [2.45, 2.75) is 12.8 Å². The molecule has 2 heterocycles. The lowest BCUT2D eigenvalue weighted by molar-refractivity contribution is -0.137. The van der Waals surface area contributed by atoms with Crippen LogP contribution in [0.2, 0.25) is 0 Å². The summed E-state index contributed by atoms with van der Waals surface area (Å²) in [7, 11) is 1.58. The zero-order valence-electron chi connectivity index (χ0n) is 17.6. The Morgan fingerprint density at radius 2 is 1.82 bits per heavy atom. The molecule has 4 aromatic rings. The van der Waals surface area contributed by atoms with Crippen LogP contribution in [0, 0.1) is 0 Å². The summed E-state index contributed by atoms with van der Waals surface area (Å²) in [4.78, 5) is 7.75. The number of H-pyrrole nitrogens is 1. The number of methoxy groups -OCH3 is 1. The number of nitrogens with zero attached hydrogens (tertiary/aromatic N) is 1. The van der Waals surface area contributed by atoms with Crippen LogP contribution in [-0.4, -0.2) is 23.4 Å². The molecule has 1 aliphatic heterocycles. The molecule has 33 heavy (non-hydrogen) atoms. The number of aliphatic hydroxyl groups excluding tert-OH is 1. The smallest absolute Gasteiger partial charge is 0.416 e. The largest absolute Gasteiger partial charge is 0.497 e. The van der Waals surface area contributed by atoms with E-state index in [1.165, 1.54) is 12.1 Å². The third kappa shape index (κ3) is 3.70. The number of hydrogen-bond acceptors (Lipinski definition) is 3. The first-order chi connectivity index (χ1) is 15.9. The van der Waals surface area contributed by atoms with Crippen LogP contribution in [0.4, 0.5) is 18.9 Å². The molecule has 1 aliphatic rings. The summed E-state index contributed by atoms with van der Waals surface area (Å²) in [6.07, 6.45) is -0.843. The SMILES string of the molecule is COc1ccc2c(c1)N=C/C2=C(/c1ccc(C(F)(F)F)cc1)c1c[nH]c2cc(CO)ccc12. The minimum absolute atomic E-state index is 0.0843. The van der Waals surface area contributed by atoms with E-state index in [1.54, 1.807) is 13.3 Å². The number of aromatic amines is 1. The zero-order chi connectivity index (χ0) is 23.2. The van der Waals surface area contributed by atoms with Gasteiger partial charge in [-0.1, -0.05) is 24.3 Å². The fourth-order valence-corrected chi connectivity index (χ4v) is 4.14. The van der Waals surface area contributed by atoms with E-state index in [9.17, 15) is 18.3 Å². The molecule has 0 amide bonds. The molecule has 0 saturated carbocycles. The van der Waals surface area contributed by atoms with Crippen molar-refractivity contribution in [3.8, 4) is 5.75 Å². The number of rotatable bonds is 4. The molecular formula is C26H19F3N2O2. The fraction of sp³-hybridized carbons (Fsp3) is 0.115. The molecule has 0 aliphatic carbocycles. The van der Waals surface area contributed by atoms with Crippen LogP contribution < -0.4 is 4.74 Å². The van der Waals surface area contributed by atoms with Gasteiger partial charge >= 0.3 is 6.18 Å². The Balaban J connectivity index is 1.75. The quantitative estimate of drug-likeness (QED) is 0.382. The van der Waals surface area contributed by atoms with Crippen molar-refractivity contribution in [2.24, 2.45) is 4.99 Å². The number of ether oxygens (including phenoxy) is 1. The van der Waals surface area contributed by atoms with Gasteiger partial charge in [-0.15, -0.1) is 0 Å². The third-order valence-corrected chi connectivity index (χ3v) is 5.80. The average molecular weight is 448 g/mol. The average Bonchev–Trinajstić information content (AvgIpc) is 3.43. The predicted octanol–water partition coefficient (Wildman–Crippen LogP) is 6.36. The van der Waals surface area contributed by atoms with Gasteiger partial charge in [0.25, 0.3) is 0 Å². The van der Waals surface area contributed by atoms with Crippen molar-refractivity contribution in [3.05, 3.63) is 94.7 Å². The summed E-state index contributed by atoms with van der Waals surface area (Å²) in [6, 6.07) is 16.3. The number of aliphatic imine (C=N–C) groups is 1. The maximum atomic E-state index is 13.2. The lowest BCUT2D eigenvalue weighted by Crippen LogP contribution is -2.04. The number of allylic oxidation sites excluding steroid dienone is 1. The monoisotopic (exact) mass is 448 g/mol. The molecule has 0 unspecified atom stereocenters. The molecule has 166 valence electrons. The van der Waals surface area contributed by atoms with E-state index in [0.717, 1.165) is 56.6 Å². The number of nitrogens with one attached hydrogen (secondary N) is 1. The summed E-state index contributed by atoms with van der Waals surface area (Å²) >= 11 is 0. The number of halogens is 3. The molecule has 0 spiro atoms. The molecule has 2 N–H and O–H groups in total. The first-order valence-corrected chi connectivity index (χ1v) is 10.2. The number of alkyl halides is 3. The van der Waals surface area contributed by atoms with Crippen molar-refractivity contribution in [1.29, 1.82) is 0 Å². The molecule has 0 atom stereocenters. The van der Waals surface area contributed by atoms with E-state index in [4.69, 9.17) is 4.74 Å². The van der Waals surface area contributed by atoms with Gasteiger partial charge in [-0.05, 0) is 41.5 Å². The molecule has 1 aromatic heterocycles. The van der Waals surface area contributed by atoms with E-state index >= 15 is 0 Å². The highest BCUT2D eigenvalue weighted by Gasteiger charge is 2.30. The van der Waals surface area contributed by atoms with E-state index in [-0.39, 0.29) is 6.61 Å². The number of aromatic nitrogens is 1. The summed E-state index contributed by atoms with van der Waals surface area (Å²) < 4.78 is 44.8. The Bertz CT molecular complexity index is 1410. The molecule has 0 bridgehead atoms. The second-order valence-corrected chi connectivity index (χ2v) is 7.75. The van der Waals surface area contributed by atoms with Crippen LogP contribution >= 0.6 is 0 Å². The highest BCUT2D eigenvalue weighted by atomic mass is 19.4. The Hall–Kier alpha value is -3.84. The summed E-state index contributed by atoms with van der Waals surface area (Å²) in [5.41, 5.74) is 5.53. The van der Waals surface area contributed by atoms with Gasteiger partial charge in [0.2, 0.25) is 0 Å². The molecule has 0 saturated heterocycles. The minimum Gasteiger partial charge on any atom is -0.497 e. The van der Waals surface area contributed by atoms with Gasteiger partial charge in [-0.3, -0.25) is 4.99 Å². The highest BCUT2D eigenvalue weighted by Crippen LogP contribution is 2.43. The second-order valence-electron chi connectivity index (χ2n) is 7.75. The Labute approximate surface area is 187 Å². The Morgan fingerprint density at radius 1 is 1.03 bits per heavy atom. The molecular weight excluding hydrogens is 429 g/mol. The van der Waals surface area contributed by atoms with Gasteiger partial charge in [0.15, 0.2) is 0 Å². The molecule has 0 fully saturated rings. The summed E-state index contributed by atoms with van der Waals surface area (Å²) in [5, 5.41) is 10.4.